The van der Waals surface area contributed by atoms with Crippen molar-refractivity contribution in [3.05, 3.63) is 35.3 Å². The van der Waals surface area contributed by atoms with Crippen molar-refractivity contribution in [1.82, 2.24) is 4.98 Å². The van der Waals surface area contributed by atoms with Crippen LogP contribution in [0.2, 0.25) is 0 Å². The summed E-state index contributed by atoms with van der Waals surface area (Å²) >= 11 is 0. The maximum atomic E-state index is 13.1. The van der Waals surface area contributed by atoms with E-state index in [1.165, 1.54) is 6.07 Å². The van der Waals surface area contributed by atoms with Gasteiger partial charge < -0.3 is 10.7 Å². The van der Waals surface area contributed by atoms with Gasteiger partial charge in [-0.15, -0.1) is 0 Å². The van der Waals surface area contributed by atoms with E-state index in [4.69, 9.17) is 5.73 Å². The minimum absolute atomic E-state index is 0.182. The lowest BCUT2D eigenvalue weighted by Gasteiger charge is -1.95. The number of nitrogens with one attached hydrogen (secondary N) is 1. The van der Waals surface area contributed by atoms with E-state index in [0.717, 1.165) is 16.6 Å². The molecule has 0 aliphatic rings. The number of halogens is 1. The van der Waals surface area contributed by atoms with Crippen LogP contribution in [0.3, 0.4) is 0 Å². The monoisotopic (exact) mass is 208 g/mol. The van der Waals surface area contributed by atoms with Gasteiger partial charge in [0.1, 0.15) is 5.82 Å². The van der Waals surface area contributed by atoms with E-state index in [9.17, 15) is 4.39 Å². The van der Waals surface area contributed by atoms with Gasteiger partial charge in [-0.05, 0) is 30.7 Å². The molecule has 1 heterocycles. The van der Waals surface area contributed by atoms with Crippen LogP contribution in [0.25, 0.3) is 10.9 Å². The maximum absolute atomic E-state index is 13.1. The fourth-order valence-electron chi connectivity index (χ4n) is 1.44. The van der Waals surface area contributed by atoms with Gasteiger partial charge in [0.15, 0.2) is 0 Å². The molecule has 0 radical (unpaired) electrons. The molecule has 0 spiro atoms. The predicted molar refractivity (Wildman–Crippen MR) is 62.2 cm³/mol. The molecule has 2 rings (SSSR count). The Morgan fingerprint density at radius 1 is 1.27 bits per heavy atom. The molecule has 0 amide bonds. The van der Waals surface area contributed by atoms with E-state index in [0.29, 0.717) is 12.1 Å². The number of aryl methyl sites for hydroxylation is 1. The number of benzene rings is 1. The highest BCUT2D eigenvalue weighted by Crippen LogP contribution is 2.19. The molecule has 1 aromatic carbocycles. The lowest BCUT2D eigenvalue weighted by Crippen LogP contribution is -1.94. The minimum Gasteiger partial charge on any atom is -0.357 e. The Hall–Kier alpha value is -1.35. The van der Waals surface area contributed by atoms with E-state index in [1.807, 2.05) is 26.0 Å². The van der Waals surface area contributed by atoms with Gasteiger partial charge >= 0.3 is 0 Å². The summed E-state index contributed by atoms with van der Waals surface area (Å²) in [7, 11) is 0. The summed E-state index contributed by atoms with van der Waals surface area (Å²) in [6.45, 7) is 6.21. The molecule has 0 unspecified atom stereocenters. The Balaban J connectivity index is 0.000000531. The van der Waals surface area contributed by atoms with Gasteiger partial charge in [0, 0.05) is 23.1 Å². The van der Waals surface area contributed by atoms with Crippen molar-refractivity contribution >= 4 is 10.9 Å². The molecule has 0 saturated heterocycles. The van der Waals surface area contributed by atoms with E-state index in [-0.39, 0.29) is 5.82 Å². The smallest absolute Gasteiger partial charge is 0.128 e. The first-order chi connectivity index (χ1) is 7.20. The number of rotatable bonds is 1. The first kappa shape index (κ1) is 11.7. The second kappa shape index (κ2) is 4.94. The lowest BCUT2D eigenvalue weighted by atomic mass is 10.1. The molecule has 2 aromatic rings. The molecule has 3 heteroatoms. The third-order valence-electron chi connectivity index (χ3n) is 2.18. The second-order valence-corrected chi connectivity index (χ2v) is 3.19. The molecule has 0 saturated carbocycles. The molecule has 3 N–H and O–H groups in total. The standard InChI is InChI=1S/C10H11FN2.C2H6/c1-6-2-7-3-8(5-12)13-10(7)4-9(6)11;1-2/h2-4,13H,5,12H2,1H3;1-2H3. The number of hydrogen-bond acceptors (Lipinski definition) is 1. The number of hydrogen-bond donors (Lipinski definition) is 2. The topological polar surface area (TPSA) is 41.8 Å². The SMILES string of the molecule is CC.Cc1cc2cc(CN)[nH]c2cc1F. The Morgan fingerprint density at radius 2 is 1.93 bits per heavy atom. The maximum Gasteiger partial charge on any atom is 0.128 e. The van der Waals surface area contributed by atoms with Crippen molar-refractivity contribution in [2.24, 2.45) is 5.73 Å². The Labute approximate surface area is 89.3 Å². The molecule has 0 aliphatic heterocycles. The number of H-pyrrole nitrogens is 1. The zero-order chi connectivity index (χ0) is 11.4. The fraction of sp³-hybridized carbons (Fsp3) is 0.333. The van der Waals surface area contributed by atoms with Crippen molar-refractivity contribution in [3.8, 4) is 0 Å². The fourth-order valence-corrected chi connectivity index (χ4v) is 1.44. The first-order valence-electron chi connectivity index (χ1n) is 5.18. The minimum atomic E-state index is -0.182. The molecule has 0 fully saturated rings. The largest absolute Gasteiger partial charge is 0.357 e. The molecule has 1 aromatic heterocycles. The van der Waals surface area contributed by atoms with Crippen LogP contribution in [0.1, 0.15) is 25.1 Å². The van der Waals surface area contributed by atoms with Gasteiger partial charge in [0.25, 0.3) is 0 Å². The van der Waals surface area contributed by atoms with Crippen LogP contribution in [0.4, 0.5) is 4.39 Å². The predicted octanol–water partition coefficient (Wildman–Crippen LogP) is 3.10. The molecule has 0 atom stereocenters. The molecule has 2 nitrogen and oxygen atoms in total. The third-order valence-corrected chi connectivity index (χ3v) is 2.18. The molecule has 15 heavy (non-hydrogen) atoms. The summed E-state index contributed by atoms with van der Waals surface area (Å²) in [5.74, 6) is -0.182. The van der Waals surface area contributed by atoms with Gasteiger partial charge in [0.05, 0.1) is 0 Å². The Morgan fingerprint density at radius 3 is 2.53 bits per heavy atom. The molecule has 0 aliphatic carbocycles. The van der Waals surface area contributed by atoms with Crippen LogP contribution in [0, 0.1) is 12.7 Å². The summed E-state index contributed by atoms with van der Waals surface area (Å²) in [5.41, 5.74) is 7.87. The Kier molecular flexibility index (Phi) is 3.86. The summed E-state index contributed by atoms with van der Waals surface area (Å²) in [6, 6.07) is 5.27. The van der Waals surface area contributed by atoms with Crippen molar-refractivity contribution < 1.29 is 4.39 Å². The van der Waals surface area contributed by atoms with Gasteiger partial charge in [0.2, 0.25) is 0 Å². The third kappa shape index (κ3) is 2.36. The highest BCUT2D eigenvalue weighted by Gasteiger charge is 2.03. The normalized spacial score (nSPS) is 9.93. The average molecular weight is 208 g/mol. The zero-order valence-electron chi connectivity index (χ0n) is 9.39. The van der Waals surface area contributed by atoms with Crippen LogP contribution in [0.5, 0.6) is 0 Å². The molecule has 0 bridgehead atoms. The van der Waals surface area contributed by atoms with Crippen LogP contribution in [-0.2, 0) is 6.54 Å². The summed E-state index contributed by atoms with van der Waals surface area (Å²) in [5, 5.41) is 1.01. The van der Waals surface area contributed by atoms with Crippen LogP contribution in [-0.4, -0.2) is 4.98 Å². The number of fused-ring (bicyclic) bond motifs is 1. The summed E-state index contributed by atoms with van der Waals surface area (Å²) in [4.78, 5) is 3.05. The van der Waals surface area contributed by atoms with Crippen LogP contribution in [0.15, 0.2) is 18.2 Å². The summed E-state index contributed by atoms with van der Waals surface area (Å²) in [6.07, 6.45) is 0. The van der Waals surface area contributed by atoms with Crippen LogP contribution < -0.4 is 5.73 Å². The lowest BCUT2D eigenvalue weighted by molar-refractivity contribution is 0.620. The quantitative estimate of drug-likeness (QED) is 0.743. The average Bonchev–Trinajstić information content (AvgIpc) is 2.64. The second-order valence-electron chi connectivity index (χ2n) is 3.19. The molecular weight excluding hydrogens is 191 g/mol. The van der Waals surface area contributed by atoms with Crippen molar-refractivity contribution in [2.75, 3.05) is 0 Å². The molecular formula is C12H17FN2. The van der Waals surface area contributed by atoms with Crippen molar-refractivity contribution in [1.29, 1.82) is 0 Å². The van der Waals surface area contributed by atoms with Crippen LogP contribution >= 0.6 is 0 Å². The number of aromatic nitrogens is 1. The Bertz CT molecular complexity index is 407. The zero-order valence-corrected chi connectivity index (χ0v) is 9.39. The van der Waals surface area contributed by atoms with Gasteiger partial charge in [-0.3, -0.25) is 0 Å². The van der Waals surface area contributed by atoms with E-state index >= 15 is 0 Å². The highest BCUT2D eigenvalue weighted by atomic mass is 19.1. The number of nitrogens with two attached hydrogens (primary N) is 1. The van der Waals surface area contributed by atoms with E-state index < -0.39 is 0 Å². The van der Waals surface area contributed by atoms with Gasteiger partial charge in [-0.1, -0.05) is 13.8 Å². The van der Waals surface area contributed by atoms with Crippen molar-refractivity contribution in [2.45, 2.75) is 27.3 Å². The summed E-state index contributed by atoms with van der Waals surface area (Å²) < 4.78 is 13.1. The number of aromatic amines is 1. The molecule has 82 valence electrons. The highest BCUT2D eigenvalue weighted by molar-refractivity contribution is 5.81. The van der Waals surface area contributed by atoms with E-state index in [2.05, 4.69) is 4.98 Å². The van der Waals surface area contributed by atoms with Gasteiger partial charge in [-0.25, -0.2) is 4.39 Å². The van der Waals surface area contributed by atoms with E-state index in [1.54, 1.807) is 6.92 Å². The van der Waals surface area contributed by atoms with Crippen molar-refractivity contribution in [3.63, 3.8) is 0 Å². The van der Waals surface area contributed by atoms with Gasteiger partial charge in [-0.2, -0.15) is 0 Å². The first-order valence-corrected chi connectivity index (χ1v) is 5.18.